The standard InChI is InChI=1S/C49H82O17P2/c1-3-5-7-9-11-13-15-17-18-19-20-21-23-25-27-29-31-35-42(50)61-37-39(38-62-68(59,60)66-49-46(54)44(52)45(53)48(47(49)55)65-67(56,57)58)63-43(51)36-32-34-41-40(64-41)33-30-28-26-24-22-16-14-12-10-8-6-4-2/h12,14,17-18,20-22,24-25,27-28,30,39-41,44-49,52-55H,3-11,13,15-16,19,23,26,29,31-38H2,1-2H3,(H,59,60)(H2,56,57,58)/b14-12-,18-17-,21-20-,24-22-,27-25-,30-28-/t39-,40?,41?,44?,45?,46?,47?,48-,49+/m1/s1. The summed E-state index contributed by atoms with van der Waals surface area (Å²) in [6.07, 6.45) is 30.2. The lowest BCUT2D eigenvalue weighted by Crippen LogP contribution is -2.64. The van der Waals surface area contributed by atoms with E-state index in [0.29, 0.717) is 25.7 Å². The Morgan fingerprint density at radius 2 is 1.03 bits per heavy atom. The van der Waals surface area contributed by atoms with Crippen LogP contribution in [0.3, 0.4) is 0 Å². The molecule has 10 atom stereocenters. The molecule has 2 rings (SSSR count). The average molecular weight is 1010 g/mol. The Morgan fingerprint density at radius 3 is 1.62 bits per heavy atom. The number of carbonyl (C=O) groups excluding carboxylic acids is 2. The summed E-state index contributed by atoms with van der Waals surface area (Å²) >= 11 is 0. The van der Waals surface area contributed by atoms with Crippen molar-refractivity contribution >= 4 is 27.6 Å². The van der Waals surface area contributed by atoms with Crippen molar-refractivity contribution in [2.45, 2.75) is 210 Å². The normalized spacial score (nSPS) is 24.8. The molecule has 0 amide bonds. The van der Waals surface area contributed by atoms with Gasteiger partial charge in [-0.15, -0.1) is 0 Å². The van der Waals surface area contributed by atoms with Crippen molar-refractivity contribution in [3.8, 4) is 0 Å². The molecular weight excluding hydrogens is 922 g/mol. The molecular formula is C49H82O17P2. The van der Waals surface area contributed by atoms with Crippen molar-refractivity contribution in [2.24, 2.45) is 0 Å². The molecule has 68 heavy (non-hydrogen) atoms. The van der Waals surface area contributed by atoms with Crippen molar-refractivity contribution in [3.63, 3.8) is 0 Å². The first-order valence-corrected chi connectivity index (χ1v) is 27.6. The minimum absolute atomic E-state index is 0.0201. The number of aliphatic hydroxyl groups excluding tert-OH is 4. The van der Waals surface area contributed by atoms with Gasteiger partial charge in [-0.2, -0.15) is 0 Å². The van der Waals surface area contributed by atoms with Crippen LogP contribution >= 0.6 is 15.6 Å². The fraction of sp³-hybridized carbons (Fsp3) is 0.714. The average Bonchev–Trinajstić information content (AvgIpc) is 4.05. The molecule has 17 nitrogen and oxygen atoms in total. The quantitative estimate of drug-likeness (QED) is 0.00998. The lowest BCUT2D eigenvalue weighted by Gasteiger charge is -2.43. The van der Waals surface area contributed by atoms with E-state index in [-0.39, 0.29) is 25.0 Å². The summed E-state index contributed by atoms with van der Waals surface area (Å²) in [6.45, 7) is 2.97. The summed E-state index contributed by atoms with van der Waals surface area (Å²) in [5, 5.41) is 41.3. The van der Waals surface area contributed by atoms with Crippen LogP contribution in [0.5, 0.6) is 0 Å². The van der Waals surface area contributed by atoms with E-state index < -0.39 is 83.5 Å². The molecule has 1 aliphatic carbocycles. The van der Waals surface area contributed by atoms with Gasteiger partial charge in [-0.1, -0.05) is 132 Å². The maximum Gasteiger partial charge on any atom is 0.472 e. The topological polar surface area (TPSA) is 269 Å². The van der Waals surface area contributed by atoms with Gasteiger partial charge in [0.2, 0.25) is 0 Å². The number of unbranched alkanes of at least 4 members (excludes halogenated alkanes) is 10. The van der Waals surface area contributed by atoms with Gasteiger partial charge in [-0.25, -0.2) is 9.13 Å². The van der Waals surface area contributed by atoms with E-state index in [4.69, 9.17) is 23.3 Å². The van der Waals surface area contributed by atoms with Gasteiger partial charge >= 0.3 is 27.6 Å². The number of phosphoric ester groups is 2. The van der Waals surface area contributed by atoms with Gasteiger partial charge in [0, 0.05) is 12.8 Å². The third-order valence-electron chi connectivity index (χ3n) is 11.2. The zero-order chi connectivity index (χ0) is 50.0. The Bertz CT molecular complexity index is 1660. The van der Waals surface area contributed by atoms with Crippen LogP contribution in [-0.4, -0.2) is 115 Å². The zero-order valence-electron chi connectivity index (χ0n) is 40.2. The number of epoxide rings is 1. The number of aliphatic hydroxyl groups is 4. The SMILES string of the molecule is CCCCC/C=C\C/C=C\C/C=C\CC1OC1CCCC(=O)O[C@H](COC(=O)CCC/C=C\C/C=C\C/C=C\CCCCCCCC)COP(=O)(O)O[C@H]1C(O)C(O)C(O)[C@@H](OP(=O)(O)O)C1O. The Labute approximate surface area is 404 Å². The summed E-state index contributed by atoms with van der Waals surface area (Å²) in [4.78, 5) is 54.4. The van der Waals surface area contributed by atoms with E-state index in [1.165, 1.54) is 57.8 Å². The highest BCUT2D eigenvalue weighted by atomic mass is 31.2. The minimum Gasteiger partial charge on any atom is -0.462 e. The van der Waals surface area contributed by atoms with Crippen molar-refractivity contribution in [3.05, 3.63) is 72.9 Å². The summed E-state index contributed by atoms with van der Waals surface area (Å²) in [6, 6.07) is 0. The van der Waals surface area contributed by atoms with Gasteiger partial charge < -0.3 is 49.3 Å². The number of rotatable bonds is 39. The first-order valence-electron chi connectivity index (χ1n) is 24.6. The van der Waals surface area contributed by atoms with Crippen LogP contribution in [0.2, 0.25) is 0 Å². The molecule has 0 aromatic heterocycles. The van der Waals surface area contributed by atoms with Crippen LogP contribution in [0.4, 0.5) is 0 Å². The number of ether oxygens (including phenoxy) is 3. The fourth-order valence-electron chi connectivity index (χ4n) is 7.25. The molecule has 1 aliphatic heterocycles. The number of allylic oxidation sites excluding steroid dienone is 11. The Hall–Kier alpha value is -2.60. The molecule has 390 valence electrons. The third kappa shape index (κ3) is 29.6. The van der Waals surface area contributed by atoms with Gasteiger partial charge in [0.15, 0.2) is 6.10 Å². The minimum atomic E-state index is -5.38. The predicted octanol–water partition coefficient (Wildman–Crippen LogP) is 8.61. The third-order valence-corrected chi connectivity index (χ3v) is 12.7. The van der Waals surface area contributed by atoms with E-state index in [2.05, 4.69) is 79.1 Å². The zero-order valence-corrected chi connectivity index (χ0v) is 42.0. The van der Waals surface area contributed by atoms with Crippen LogP contribution < -0.4 is 0 Å². The second-order valence-corrected chi connectivity index (χ2v) is 19.8. The highest BCUT2D eigenvalue weighted by molar-refractivity contribution is 7.47. The highest BCUT2D eigenvalue weighted by Crippen LogP contribution is 2.49. The second kappa shape index (κ2) is 36.3. The molecule has 7 unspecified atom stereocenters. The van der Waals surface area contributed by atoms with Crippen molar-refractivity contribution in [1.29, 1.82) is 0 Å². The van der Waals surface area contributed by atoms with E-state index in [0.717, 1.165) is 44.9 Å². The van der Waals surface area contributed by atoms with Crippen LogP contribution in [0.15, 0.2) is 72.9 Å². The first-order chi connectivity index (χ1) is 32.6. The maximum absolute atomic E-state index is 13.0. The smallest absolute Gasteiger partial charge is 0.462 e. The molecule has 1 saturated heterocycles. The summed E-state index contributed by atoms with van der Waals surface area (Å²) < 4.78 is 55.1. The Balaban J connectivity index is 1.85. The van der Waals surface area contributed by atoms with Gasteiger partial charge in [-0.05, 0) is 83.5 Å². The van der Waals surface area contributed by atoms with Crippen molar-refractivity contribution in [2.75, 3.05) is 13.2 Å². The maximum atomic E-state index is 13.0. The number of phosphoric acid groups is 2. The van der Waals surface area contributed by atoms with E-state index in [1.54, 1.807) is 0 Å². The monoisotopic (exact) mass is 1000 g/mol. The predicted molar refractivity (Wildman–Crippen MR) is 259 cm³/mol. The molecule has 7 N–H and O–H groups in total. The number of esters is 2. The number of carbonyl (C=O) groups is 2. The molecule has 0 radical (unpaired) electrons. The van der Waals surface area contributed by atoms with Gasteiger partial charge in [0.1, 0.15) is 43.2 Å². The second-order valence-electron chi connectivity index (χ2n) is 17.2. The molecule has 0 aromatic carbocycles. The molecule has 0 aromatic rings. The van der Waals surface area contributed by atoms with Crippen LogP contribution in [0.25, 0.3) is 0 Å². The molecule has 2 fully saturated rings. The molecule has 0 spiro atoms. The first kappa shape index (κ1) is 61.5. The summed E-state index contributed by atoms with van der Waals surface area (Å²) in [5.41, 5.74) is 0. The van der Waals surface area contributed by atoms with Crippen LogP contribution in [-0.2, 0) is 46.5 Å². The Morgan fingerprint density at radius 1 is 0.544 bits per heavy atom. The molecule has 1 saturated carbocycles. The number of hydrogen-bond acceptors (Lipinski definition) is 14. The van der Waals surface area contributed by atoms with Crippen molar-refractivity contribution in [1.82, 2.24) is 0 Å². The molecule has 19 heteroatoms. The van der Waals surface area contributed by atoms with Gasteiger partial charge in [0.25, 0.3) is 0 Å². The number of hydrogen-bond donors (Lipinski definition) is 7. The highest BCUT2D eigenvalue weighted by Gasteiger charge is 2.54. The Kier molecular flexibility index (Phi) is 32.9. The van der Waals surface area contributed by atoms with E-state index in [1.807, 2.05) is 12.2 Å². The molecule has 1 heterocycles. The summed E-state index contributed by atoms with van der Waals surface area (Å²) in [5.74, 6) is -1.35. The fourth-order valence-corrected chi connectivity index (χ4v) is 8.78. The lowest BCUT2D eigenvalue weighted by atomic mass is 9.85. The van der Waals surface area contributed by atoms with Crippen molar-refractivity contribution < 1.29 is 81.6 Å². The van der Waals surface area contributed by atoms with Gasteiger partial charge in [-0.3, -0.25) is 23.2 Å². The van der Waals surface area contributed by atoms with E-state index >= 15 is 0 Å². The van der Waals surface area contributed by atoms with E-state index in [9.17, 15) is 53.8 Å². The largest absolute Gasteiger partial charge is 0.472 e. The molecule has 0 bridgehead atoms. The van der Waals surface area contributed by atoms with Crippen LogP contribution in [0, 0.1) is 0 Å². The molecule has 2 aliphatic rings. The summed E-state index contributed by atoms with van der Waals surface area (Å²) in [7, 11) is -10.7. The lowest BCUT2D eigenvalue weighted by molar-refractivity contribution is -0.216. The van der Waals surface area contributed by atoms with Crippen LogP contribution in [0.1, 0.15) is 155 Å². The van der Waals surface area contributed by atoms with Gasteiger partial charge in [0.05, 0.1) is 18.8 Å².